The molecule has 0 aromatic rings. The van der Waals surface area contributed by atoms with E-state index in [9.17, 15) is 4.79 Å². The summed E-state index contributed by atoms with van der Waals surface area (Å²) in [6.07, 6.45) is 0. The smallest absolute Gasteiger partial charge is 0.132 e. The van der Waals surface area contributed by atoms with Crippen molar-refractivity contribution in [1.82, 2.24) is 0 Å². The molecule has 2 heteroatoms. The summed E-state index contributed by atoms with van der Waals surface area (Å²) >= 11 is 4.82. The highest BCUT2D eigenvalue weighted by molar-refractivity contribution is 7.80. The normalized spacial score (nSPS) is 9.33. The van der Waals surface area contributed by atoms with Gasteiger partial charge in [-0.3, -0.25) is 4.79 Å². The molecule has 0 aromatic carbocycles. The fourth-order valence-electron chi connectivity index (χ4n) is 0. The Kier molecular flexibility index (Phi) is 8.83. The Bertz CT molecular complexity index is 130. The van der Waals surface area contributed by atoms with Crippen LogP contribution in [0.3, 0.4) is 0 Å². The second-order valence-corrected chi connectivity index (χ2v) is 4.17. The van der Waals surface area contributed by atoms with Gasteiger partial charge in [0.15, 0.2) is 0 Å². The monoisotopic (exact) mass is 188 g/mol. The number of hydrogen-bond donors (Lipinski definition) is 0. The van der Waals surface area contributed by atoms with Gasteiger partial charge < -0.3 is 0 Å². The van der Waals surface area contributed by atoms with Crippen LogP contribution in [0.4, 0.5) is 0 Å². The SMILES string of the molecule is CC(=O)C(C)C.CC(=S)C(C)C. The molecule has 0 bridgehead atoms. The molecule has 0 heterocycles. The fourth-order valence-corrected chi connectivity index (χ4v) is 0. The van der Waals surface area contributed by atoms with Gasteiger partial charge in [-0.05, 0) is 24.6 Å². The van der Waals surface area contributed by atoms with Crippen LogP contribution in [-0.2, 0) is 4.79 Å². The molecule has 0 aromatic heterocycles. The van der Waals surface area contributed by atoms with Gasteiger partial charge in [0.1, 0.15) is 5.78 Å². The highest BCUT2D eigenvalue weighted by Crippen LogP contribution is 1.93. The molecule has 0 saturated carbocycles. The third-order valence-corrected chi connectivity index (χ3v) is 2.10. The number of hydrogen-bond acceptors (Lipinski definition) is 2. The molecule has 72 valence electrons. The molecule has 12 heavy (non-hydrogen) atoms. The van der Waals surface area contributed by atoms with E-state index in [0.717, 1.165) is 4.86 Å². The second-order valence-electron chi connectivity index (χ2n) is 3.53. The van der Waals surface area contributed by atoms with Gasteiger partial charge in [0.25, 0.3) is 0 Å². The van der Waals surface area contributed by atoms with E-state index in [2.05, 4.69) is 13.8 Å². The maximum Gasteiger partial charge on any atom is 0.132 e. The van der Waals surface area contributed by atoms with Crippen molar-refractivity contribution in [3.8, 4) is 0 Å². The van der Waals surface area contributed by atoms with Crippen LogP contribution < -0.4 is 0 Å². The van der Waals surface area contributed by atoms with Crippen molar-refractivity contribution in [2.75, 3.05) is 0 Å². The lowest BCUT2D eigenvalue weighted by atomic mass is 10.1. The Labute approximate surface area is 81.5 Å². The van der Waals surface area contributed by atoms with E-state index in [1.807, 2.05) is 20.8 Å². The van der Waals surface area contributed by atoms with Crippen LogP contribution in [0.5, 0.6) is 0 Å². The third kappa shape index (κ3) is 12.4. The number of rotatable bonds is 2. The molecule has 0 saturated heterocycles. The molecule has 0 rings (SSSR count). The van der Waals surface area contributed by atoms with Crippen LogP contribution in [-0.4, -0.2) is 10.6 Å². The number of thiocarbonyl (C=S) groups is 1. The van der Waals surface area contributed by atoms with Crippen LogP contribution in [0.25, 0.3) is 0 Å². The van der Waals surface area contributed by atoms with E-state index < -0.39 is 0 Å². The molecular weight excluding hydrogens is 168 g/mol. The predicted molar refractivity (Wildman–Crippen MR) is 58.6 cm³/mol. The molecule has 0 radical (unpaired) electrons. The van der Waals surface area contributed by atoms with Gasteiger partial charge in [0, 0.05) is 5.92 Å². The topological polar surface area (TPSA) is 17.1 Å². The lowest BCUT2D eigenvalue weighted by molar-refractivity contribution is -0.119. The van der Waals surface area contributed by atoms with Crippen molar-refractivity contribution in [3.05, 3.63) is 0 Å². The highest BCUT2D eigenvalue weighted by atomic mass is 32.1. The van der Waals surface area contributed by atoms with Crippen molar-refractivity contribution in [3.63, 3.8) is 0 Å². The molecule has 0 fully saturated rings. The van der Waals surface area contributed by atoms with Gasteiger partial charge in [0.05, 0.1) is 0 Å². The second kappa shape index (κ2) is 7.41. The van der Waals surface area contributed by atoms with Crippen LogP contribution in [0, 0.1) is 11.8 Å². The van der Waals surface area contributed by atoms with E-state index in [1.165, 1.54) is 0 Å². The third-order valence-electron chi connectivity index (χ3n) is 1.63. The van der Waals surface area contributed by atoms with Crippen molar-refractivity contribution in [2.24, 2.45) is 11.8 Å². The van der Waals surface area contributed by atoms with E-state index >= 15 is 0 Å². The summed E-state index contributed by atoms with van der Waals surface area (Å²) in [5.41, 5.74) is 0. The molecular formula is C10H20OS. The summed E-state index contributed by atoms with van der Waals surface area (Å²) in [5.74, 6) is 1.06. The predicted octanol–water partition coefficient (Wildman–Crippen LogP) is 3.26. The minimum absolute atomic E-state index is 0.213. The molecule has 1 nitrogen and oxygen atoms in total. The summed E-state index contributed by atoms with van der Waals surface area (Å²) in [6.45, 7) is 11.6. The van der Waals surface area contributed by atoms with Gasteiger partial charge in [-0.15, -0.1) is 0 Å². The van der Waals surface area contributed by atoms with Crippen LogP contribution in [0.15, 0.2) is 0 Å². The maximum absolute atomic E-state index is 10.1. The largest absolute Gasteiger partial charge is 0.300 e. The molecule has 0 aliphatic rings. The molecule has 0 N–H and O–H groups in total. The van der Waals surface area contributed by atoms with E-state index in [4.69, 9.17) is 12.2 Å². The number of carbonyl (C=O) groups excluding carboxylic acids is 1. The summed E-state index contributed by atoms with van der Waals surface area (Å²) in [5, 5.41) is 0. The first-order valence-electron chi connectivity index (χ1n) is 4.29. The standard InChI is InChI=1S/C5H10O.C5H10S/c2*1-4(2)5(3)6/h2*4H,1-3H3. The first kappa shape index (κ1) is 14.3. The van der Waals surface area contributed by atoms with Crippen LogP contribution in [0.1, 0.15) is 41.5 Å². The van der Waals surface area contributed by atoms with E-state index in [1.54, 1.807) is 6.92 Å². The Morgan fingerprint density at radius 3 is 1.17 bits per heavy atom. The minimum atomic E-state index is 0.213. The number of carbonyl (C=O) groups is 1. The number of Topliss-reactive ketones (excluding diaryl/α,β-unsaturated/α-hetero) is 1. The molecule has 0 spiro atoms. The van der Waals surface area contributed by atoms with E-state index in [0.29, 0.717) is 5.92 Å². The summed E-state index contributed by atoms with van der Waals surface area (Å²) in [7, 11) is 0. The summed E-state index contributed by atoms with van der Waals surface area (Å²) in [6, 6.07) is 0. The van der Waals surface area contributed by atoms with Crippen molar-refractivity contribution in [1.29, 1.82) is 0 Å². The molecule has 0 atom stereocenters. The molecule has 0 amide bonds. The fraction of sp³-hybridized carbons (Fsp3) is 0.800. The first-order valence-corrected chi connectivity index (χ1v) is 4.70. The minimum Gasteiger partial charge on any atom is -0.300 e. The average Bonchev–Trinajstić information content (AvgIpc) is 1.88. The van der Waals surface area contributed by atoms with Crippen LogP contribution in [0.2, 0.25) is 0 Å². The zero-order valence-electron chi connectivity index (χ0n) is 8.97. The van der Waals surface area contributed by atoms with Crippen molar-refractivity contribution < 1.29 is 4.79 Å². The Hall–Kier alpha value is -0.240. The Morgan fingerprint density at radius 1 is 1.00 bits per heavy atom. The van der Waals surface area contributed by atoms with Crippen molar-refractivity contribution >= 4 is 22.9 Å². The van der Waals surface area contributed by atoms with Gasteiger partial charge in [-0.1, -0.05) is 39.9 Å². The Balaban J connectivity index is 0. The summed E-state index contributed by atoms with van der Waals surface area (Å²) < 4.78 is 0. The lowest BCUT2D eigenvalue weighted by Crippen LogP contribution is -1.98. The average molecular weight is 188 g/mol. The van der Waals surface area contributed by atoms with Gasteiger partial charge >= 0.3 is 0 Å². The van der Waals surface area contributed by atoms with Gasteiger partial charge in [-0.25, -0.2) is 0 Å². The molecule has 0 aliphatic carbocycles. The Morgan fingerprint density at radius 2 is 1.17 bits per heavy atom. The van der Waals surface area contributed by atoms with Crippen LogP contribution >= 0.6 is 12.2 Å². The van der Waals surface area contributed by atoms with Crippen molar-refractivity contribution in [2.45, 2.75) is 41.5 Å². The highest BCUT2D eigenvalue weighted by Gasteiger charge is 1.95. The summed E-state index contributed by atoms with van der Waals surface area (Å²) in [4.78, 5) is 11.2. The van der Waals surface area contributed by atoms with Gasteiger partial charge in [-0.2, -0.15) is 0 Å². The lowest BCUT2D eigenvalue weighted by Gasteiger charge is -1.95. The molecule has 0 unspecified atom stereocenters. The first-order chi connectivity index (χ1) is 5.29. The van der Waals surface area contributed by atoms with E-state index in [-0.39, 0.29) is 11.7 Å². The zero-order valence-corrected chi connectivity index (χ0v) is 9.79. The van der Waals surface area contributed by atoms with Gasteiger partial charge in [0.2, 0.25) is 0 Å². The maximum atomic E-state index is 10.1. The zero-order chi connectivity index (χ0) is 10.3. The quantitative estimate of drug-likeness (QED) is 0.619. The number of ketones is 1. The molecule has 0 aliphatic heterocycles.